The van der Waals surface area contributed by atoms with Crippen molar-refractivity contribution in [3.8, 4) is 0 Å². The maximum Gasteiger partial charge on any atom is 0.176 e. The standard InChI is InChI=1S/C10H20O4/c1-4-13-10(14-5-2)7-6-8-12-9-11-3/h6-7,10H,4-5,8-9H2,1-3H3. The van der Waals surface area contributed by atoms with Crippen LogP contribution < -0.4 is 0 Å². The molecule has 0 aromatic heterocycles. The van der Waals surface area contributed by atoms with Gasteiger partial charge in [-0.15, -0.1) is 0 Å². The van der Waals surface area contributed by atoms with E-state index in [4.69, 9.17) is 18.9 Å². The Balaban J connectivity index is 3.55. The number of hydrogen-bond donors (Lipinski definition) is 0. The summed E-state index contributed by atoms with van der Waals surface area (Å²) in [6, 6.07) is 0. The van der Waals surface area contributed by atoms with Gasteiger partial charge in [0.1, 0.15) is 6.79 Å². The number of ether oxygens (including phenoxy) is 4. The average molecular weight is 204 g/mol. The second kappa shape index (κ2) is 10.7. The lowest BCUT2D eigenvalue weighted by Gasteiger charge is -2.12. The van der Waals surface area contributed by atoms with Crippen LogP contribution >= 0.6 is 0 Å². The van der Waals surface area contributed by atoms with Gasteiger partial charge >= 0.3 is 0 Å². The van der Waals surface area contributed by atoms with Crippen LogP contribution in [0.1, 0.15) is 13.8 Å². The molecule has 0 aliphatic carbocycles. The Hall–Kier alpha value is -0.420. The van der Waals surface area contributed by atoms with E-state index >= 15 is 0 Å². The van der Waals surface area contributed by atoms with Crippen LogP contribution in [-0.4, -0.2) is 40.0 Å². The van der Waals surface area contributed by atoms with Crippen LogP contribution in [-0.2, 0) is 18.9 Å². The van der Waals surface area contributed by atoms with Gasteiger partial charge in [0.2, 0.25) is 0 Å². The summed E-state index contributed by atoms with van der Waals surface area (Å²) in [5.41, 5.74) is 0. The van der Waals surface area contributed by atoms with Gasteiger partial charge in [-0.1, -0.05) is 6.08 Å². The summed E-state index contributed by atoms with van der Waals surface area (Å²) in [6.07, 6.45) is 3.42. The van der Waals surface area contributed by atoms with Gasteiger partial charge in [0.25, 0.3) is 0 Å². The topological polar surface area (TPSA) is 36.9 Å². The molecule has 0 aliphatic heterocycles. The molecule has 0 fully saturated rings. The highest BCUT2D eigenvalue weighted by Gasteiger charge is 2.00. The molecule has 0 atom stereocenters. The molecule has 0 amide bonds. The lowest BCUT2D eigenvalue weighted by Crippen LogP contribution is -2.14. The first-order valence-electron chi connectivity index (χ1n) is 4.81. The highest BCUT2D eigenvalue weighted by molar-refractivity contribution is 4.85. The van der Waals surface area contributed by atoms with Crippen molar-refractivity contribution in [2.45, 2.75) is 20.1 Å². The smallest absolute Gasteiger partial charge is 0.176 e. The van der Waals surface area contributed by atoms with Gasteiger partial charge < -0.3 is 18.9 Å². The zero-order valence-electron chi connectivity index (χ0n) is 9.19. The molecule has 0 heterocycles. The van der Waals surface area contributed by atoms with E-state index in [1.165, 1.54) is 0 Å². The monoisotopic (exact) mass is 204 g/mol. The van der Waals surface area contributed by atoms with E-state index in [1.807, 2.05) is 26.0 Å². The van der Waals surface area contributed by atoms with Crippen molar-refractivity contribution >= 4 is 0 Å². The SMILES string of the molecule is CCOC(C=CCOCOC)OCC. The Kier molecular flexibility index (Phi) is 10.3. The molecule has 0 rings (SSSR count). The van der Waals surface area contributed by atoms with Crippen LogP contribution in [0.2, 0.25) is 0 Å². The van der Waals surface area contributed by atoms with Crippen molar-refractivity contribution in [2.24, 2.45) is 0 Å². The Labute approximate surface area is 85.8 Å². The van der Waals surface area contributed by atoms with Gasteiger partial charge in [-0.05, 0) is 19.9 Å². The van der Waals surface area contributed by atoms with Crippen molar-refractivity contribution in [3.63, 3.8) is 0 Å². The molecule has 0 radical (unpaired) electrons. The third kappa shape index (κ3) is 8.19. The molecule has 0 saturated heterocycles. The normalized spacial score (nSPS) is 11.7. The zero-order valence-corrected chi connectivity index (χ0v) is 9.19. The van der Waals surface area contributed by atoms with Crippen molar-refractivity contribution in [1.29, 1.82) is 0 Å². The van der Waals surface area contributed by atoms with Crippen molar-refractivity contribution < 1.29 is 18.9 Å². The van der Waals surface area contributed by atoms with Crippen molar-refractivity contribution in [3.05, 3.63) is 12.2 Å². The molecule has 0 unspecified atom stereocenters. The van der Waals surface area contributed by atoms with Crippen LogP contribution in [0.5, 0.6) is 0 Å². The Morgan fingerprint density at radius 1 is 1.14 bits per heavy atom. The molecule has 0 saturated carbocycles. The second-order valence-corrected chi connectivity index (χ2v) is 2.48. The summed E-state index contributed by atoms with van der Waals surface area (Å²) >= 11 is 0. The molecule has 4 heteroatoms. The van der Waals surface area contributed by atoms with Crippen LogP contribution in [0, 0.1) is 0 Å². The van der Waals surface area contributed by atoms with Gasteiger partial charge in [0.15, 0.2) is 6.29 Å². The molecule has 0 aromatic carbocycles. The third-order valence-corrected chi connectivity index (χ3v) is 1.37. The van der Waals surface area contributed by atoms with Crippen LogP contribution in [0.4, 0.5) is 0 Å². The quantitative estimate of drug-likeness (QED) is 0.324. The predicted molar refractivity (Wildman–Crippen MR) is 54.0 cm³/mol. The molecular weight excluding hydrogens is 184 g/mol. The summed E-state index contributed by atoms with van der Waals surface area (Å²) in [5, 5.41) is 0. The van der Waals surface area contributed by atoms with Crippen molar-refractivity contribution in [2.75, 3.05) is 33.7 Å². The summed E-state index contributed by atoms with van der Waals surface area (Å²) in [4.78, 5) is 0. The number of rotatable bonds is 9. The predicted octanol–water partition coefficient (Wildman–Crippen LogP) is 1.56. The van der Waals surface area contributed by atoms with Crippen LogP contribution in [0.3, 0.4) is 0 Å². The summed E-state index contributed by atoms with van der Waals surface area (Å²) in [5.74, 6) is 0. The molecule has 4 nitrogen and oxygen atoms in total. The molecule has 14 heavy (non-hydrogen) atoms. The van der Waals surface area contributed by atoms with E-state index < -0.39 is 0 Å². The molecule has 0 spiro atoms. The fourth-order valence-electron chi connectivity index (χ4n) is 0.854. The number of methoxy groups -OCH3 is 1. The first-order valence-corrected chi connectivity index (χ1v) is 4.81. The lowest BCUT2D eigenvalue weighted by atomic mass is 10.5. The highest BCUT2D eigenvalue weighted by Crippen LogP contribution is 1.97. The molecule has 0 N–H and O–H groups in total. The largest absolute Gasteiger partial charge is 0.359 e. The van der Waals surface area contributed by atoms with Crippen LogP contribution in [0.15, 0.2) is 12.2 Å². The average Bonchev–Trinajstić information content (AvgIpc) is 2.18. The van der Waals surface area contributed by atoms with E-state index in [2.05, 4.69) is 0 Å². The molecule has 0 bridgehead atoms. The zero-order chi connectivity index (χ0) is 10.6. The lowest BCUT2D eigenvalue weighted by molar-refractivity contribution is -0.104. The first-order chi connectivity index (χ1) is 6.85. The maximum atomic E-state index is 5.29. The minimum absolute atomic E-state index is 0.267. The molecule has 84 valence electrons. The minimum Gasteiger partial charge on any atom is -0.359 e. The first kappa shape index (κ1) is 13.6. The molecule has 0 aromatic rings. The fraction of sp³-hybridized carbons (Fsp3) is 0.800. The fourth-order valence-corrected chi connectivity index (χ4v) is 0.854. The van der Waals surface area contributed by atoms with Crippen molar-refractivity contribution in [1.82, 2.24) is 0 Å². The van der Waals surface area contributed by atoms with Gasteiger partial charge in [-0.25, -0.2) is 0 Å². The van der Waals surface area contributed by atoms with Gasteiger partial charge in [-0.3, -0.25) is 0 Å². The Morgan fingerprint density at radius 3 is 2.29 bits per heavy atom. The van der Waals surface area contributed by atoms with E-state index in [0.717, 1.165) is 0 Å². The summed E-state index contributed by atoms with van der Waals surface area (Å²) < 4.78 is 20.4. The van der Waals surface area contributed by atoms with Crippen LogP contribution in [0.25, 0.3) is 0 Å². The summed E-state index contributed by atoms with van der Waals surface area (Å²) in [6.45, 7) is 5.94. The minimum atomic E-state index is -0.267. The molecular formula is C10H20O4. The highest BCUT2D eigenvalue weighted by atomic mass is 16.7. The number of hydrogen-bond acceptors (Lipinski definition) is 4. The maximum absolute atomic E-state index is 5.29. The van der Waals surface area contributed by atoms with E-state index in [0.29, 0.717) is 26.6 Å². The third-order valence-electron chi connectivity index (χ3n) is 1.37. The van der Waals surface area contributed by atoms with Gasteiger partial charge in [0, 0.05) is 20.3 Å². The van der Waals surface area contributed by atoms with Gasteiger partial charge in [-0.2, -0.15) is 0 Å². The summed E-state index contributed by atoms with van der Waals surface area (Å²) in [7, 11) is 1.59. The van der Waals surface area contributed by atoms with E-state index in [-0.39, 0.29) is 6.29 Å². The van der Waals surface area contributed by atoms with E-state index in [1.54, 1.807) is 7.11 Å². The molecule has 0 aliphatic rings. The van der Waals surface area contributed by atoms with Gasteiger partial charge in [0.05, 0.1) is 6.61 Å². The Morgan fingerprint density at radius 2 is 1.79 bits per heavy atom. The van der Waals surface area contributed by atoms with E-state index in [9.17, 15) is 0 Å². The Bertz CT molecular complexity index is 130. The second-order valence-electron chi connectivity index (χ2n) is 2.48.